The molecule has 0 saturated heterocycles. The van der Waals surface area contributed by atoms with E-state index < -0.39 is 17.0 Å². The van der Waals surface area contributed by atoms with Crippen LogP contribution in [0.5, 0.6) is 0 Å². The molecule has 0 radical (unpaired) electrons. The van der Waals surface area contributed by atoms with Crippen molar-refractivity contribution in [3.05, 3.63) is 12.2 Å². The third kappa shape index (κ3) is 2.47. The Morgan fingerprint density at radius 2 is 1.78 bits per heavy atom. The van der Waals surface area contributed by atoms with E-state index in [1.54, 1.807) is 0 Å². The Morgan fingerprint density at radius 3 is 2.39 bits per heavy atom. The van der Waals surface area contributed by atoms with Crippen molar-refractivity contribution in [3.8, 4) is 0 Å². The van der Waals surface area contributed by atoms with Crippen LogP contribution in [0.1, 0.15) is 66.2 Å². The van der Waals surface area contributed by atoms with E-state index in [-0.39, 0.29) is 23.2 Å². The lowest BCUT2D eigenvalue weighted by atomic mass is 9.50. The van der Waals surface area contributed by atoms with Gasteiger partial charge in [0.1, 0.15) is 0 Å². The van der Waals surface area contributed by atoms with Crippen LogP contribution in [0.4, 0.5) is 0 Å². The van der Waals surface area contributed by atoms with Crippen LogP contribution >= 0.6 is 0 Å². The monoisotopic (exact) mass is 320 g/mol. The molecule has 2 fully saturated rings. The van der Waals surface area contributed by atoms with Crippen molar-refractivity contribution < 1.29 is 15.0 Å². The first-order chi connectivity index (χ1) is 10.6. The zero-order chi connectivity index (χ0) is 17.0. The number of rotatable bonds is 2. The van der Waals surface area contributed by atoms with E-state index in [1.165, 1.54) is 0 Å². The predicted octanol–water partition coefficient (Wildman–Crippen LogP) is 4.26. The second-order valence-corrected chi connectivity index (χ2v) is 9.28. The SMILES string of the molecule is CC(C)[C@H]1CC[C@H]2[C@@H]3C=C[C@@](C)(O)CC[C@]3(C)CC[C@]12C(=O)O. The standard InChI is InChI=1S/C20H32O3/c1-13(2)14-5-6-16-15-7-8-19(4,23)11-9-18(15,3)10-12-20(14,16)17(21)22/h7-8,13-16,23H,5-6,9-12H2,1-4H3,(H,21,22)/t14-,15+,16+,18-,19-,20+/m1/s1. The van der Waals surface area contributed by atoms with Gasteiger partial charge in [0.2, 0.25) is 0 Å². The smallest absolute Gasteiger partial charge is 0.310 e. The molecule has 3 nitrogen and oxygen atoms in total. The van der Waals surface area contributed by atoms with Crippen molar-refractivity contribution in [2.75, 3.05) is 0 Å². The summed E-state index contributed by atoms with van der Waals surface area (Å²) in [5.74, 6) is 0.622. The number of hydrogen-bond donors (Lipinski definition) is 2. The average molecular weight is 320 g/mol. The highest BCUT2D eigenvalue weighted by Crippen LogP contribution is 2.65. The normalized spacial score (nSPS) is 49.6. The van der Waals surface area contributed by atoms with Gasteiger partial charge >= 0.3 is 5.97 Å². The maximum Gasteiger partial charge on any atom is 0.310 e. The van der Waals surface area contributed by atoms with Crippen LogP contribution in [-0.2, 0) is 4.79 Å². The Labute approximate surface area is 140 Å². The fourth-order valence-corrected chi connectivity index (χ4v) is 6.11. The van der Waals surface area contributed by atoms with Gasteiger partial charge in [-0.25, -0.2) is 0 Å². The number of aliphatic carboxylic acids is 1. The van der Waals surface area contributed by atoms with E-state index in [4.69, 9.17) is 0 Å². The molecule has 0 bridgehead atoms. The van der Waals surface area contributed by atoms with E-state index >= 15 is 0 Å². The molecule has 130 valence electrons. The zero-order valence-electron chi connectivity index (χ0n) is 15.0. The number of aliphatic hydroxyl groups is 1. The molecule has 3 aliphatic rings. The lowest BCUT2D eigenvalue weighted by Gasteiger charge is -2.52. The molecule has 0 amide bonds. The second-order valence-electron chi connectivity index (χ2n) is 9.28. The van der Waals surface area contributed by atoms with Gasteiger partial charge in [0.15, 0.2) is 0 Å². The first kappa shape index (κ1) is 17.0. The average Bonchev–Trinajstić information content (AvgIpc) is 2.80. The molecule has 0 unspecified atom stereocenters. The van der Waals surface area contributed by atoms with E-state index in [9.17, 15) is 15.0 Å². The van der Waals surface area contributed by atoms with Gasteiger partial charge in [0.25, 0.3) is 0 Å². The molecular weight excluding hydrogens is 288 g/mol. The van der Waals surface area contributed by atoms with Gasteiger partial charge in [-0.15, -0.1) is 0 Å². The Kier molecular flexibility index (Phi) is 3.95. The number of hydrogen-bond acceptors (Lipinski definition) is 2. The highest BCUT2D eigenvalue weighted by atomic mass is 16.4. The van der Waals surface area contributed by atoms with Gasteiger partial charge in [-0.05, 0) is 74.5 Å². The number of fused-ring (bicyclic) bond motifs is 3. The van der Waals surface area contributed by atoms with Crippen molar-refractivity contribution in [1.29, 1.82) is 0 Å². The van der Waals surface area contributed by atoms with Crippen LogP contribution < -0.4 is 0 Å². The molecule has 0 aromatic carbocycles. The summed E-state index contributed by atoms with van der Waals surface area (Å²) < 4.78 is 0. The Hall–Kier alpha value is -0.830. The number of carboxylic acids is 1. The first-order valence-corrected chi connectivity index (χ1v) is 9.27. The highest BCUT2D eigenvalue weighted by molar-refractivity contribution is 5.76. The lowest BCUT2D eigenvalue weighted by Crippen LogP contribution is -2.52. The van der Waals surface area contributed by atoms with Crippen molar-refractivity contribution in [2.45, 2.75) is 71.8 Å². The minimum Gasteiger partial charge on any atom is -0.481 e. The van der Waals surface area contributed by atoms with Crippen LogP contribution in [0.15, 0.2) is 12.2 Å². The predicted molar refractivity (Wildman–Crippen MR) is 90.9 cm³/mol. The Balaban J connectivity index is 2.04. The fraction of sp³-hybridized carbons (Fsp3) is 0.850. The van der Waals surface area contributed by atoms with Crippen molar-refractivity contribution in [3.63, 3.8) is 0 Å². The summed E-state index contributed by atoms with van der Waals surface area (Å²) in [5, 5.41) is 20.7. The number of carbonyl (C=O) groups is 1. The number of carboxylic acid groups (broad SMARTS) is 1. The summed E-state index contributed by atoms with van der Waals surface area (Å²) in [6.45, 7) is 8.55. The minimum atomic E-state index is -0.748. The fourth-order valence-electron chi connectivity index (χ4n) is 6.11. The summed E-state index contributed by atoms with van der Waals surface area (Å²) in [6, 6.07) is 0. The third-order valence-corrected chi connectivity index (χ3v) is 7.53. The van der Waals surface area contributed by atoms with Gasteiger partial charge in [-0.2, -0.15) is 0 Å². The summed E-state index contributed by atoms with van der Waals surface area (Å²) in [5.41, 5.74) is -1.17. The molecule has 0 aromatic rings. The molecule has 2 saturated carbocycles. The molecular formula is C20H32O3. The molecule has 3 heteroatoms. The van der Waals surface area contributed by atoms with Crippen LogP contribution in [0.3, 0.4) is 0 Å². The summed E-state index contributed by atoms with van der Waals surface area (Å²) in [7, 11) is 0. The zero-order valence-corrected chi connectivity index (χ0v) is 15.0. The molecule has 6 atom stereocenters. The summed E-state index contributed by atoms with van der Waals surface area (Å²) >= 11 is 0. The van der Waals surface area contributed by atoms with Gasteiger partial charge in [0.05, 0.1) is 11.0 Å². The first-order valence-electron chi connectivity index (χ1n) is 9.27. The van der Waals surface area contributed by atoms with Crippen LogP contribution in [0.2, 0.25) is 0 Å². The molecule has 0 heterocycles. The highest BCUT2D eigenvalue weighted by Gasteiger charge is 2.63. The maximum absolute atomic E-state index is 12.4. The Bertz CT molecular complexity index is 521. The maximum atomic E-state index is 12.4. The van der Waals surface area contributed by atoms with Crippen molar-refractivity contribution >= 4 is 5.97 Å². The van der Waals surface area contributed by atoms with E-state index in [0.717, 1.165) is 38.5 Å². The van der Waals surface area contributed by atoms with Crippen molar-refractivity contribution in [1.82, 2.24) is 0 Å². The molecule has 0 aliphatic heterocycles. The topological polar surface area (TPSA) is 57.5 Å². The number of allylic oxidation sites excluding steroid dienone is 1. The second kappa shape index (κ2) is 5.34. The molecule has 23 heavy (non-hydrogen) atoms. The summed E-state index contributed by atoms with van der Waals surface area (Å²) in [6.07, 6.45) is 9.70. The van der Waals surface area contributed by atoms with Gasteiger partial charge in [0, 0.05) is 0 Å². The van der Waals surface area contributed by atoms with Crippen LogP contribution in [0, 0.1) is 34.5 Å². The largest absolute Gasteiger partial charge is 0.481 e. The molecule has 3 rings (SSSR count). The van der Waals surface area contributed by atoms with Gasteiger partial charge in [-0.1, -0.05) is 32.9 Å². The van der Waals surface area contributed by atoms with Gasteiger partial charge in [-0.3, -0.25) is 4.79 Å². The van der Waals surface area contributed by atoms with E-state index in [1.807, 2.05) is 13.0 Å². The summed E-state index contributed by atoms with van der Waals surface area (Å²) in [4.78, 5) is 12.4. The molecule has 0 aromatic heterocycles. The molecule has 3 aliphatic carbocycles. The van der Waals surface area contributed by atoms with Crippen molar-refractivity contribution in [2.24, 2.45) is 34.5 Å². The minimum absolute atomic E-state index is 0.131. The third-order valence-electron chi connectivity index (χ3n) is 7.53. The quantitative estimate of drug-likeness (QED) is 0.748. The van der Waals surface area contributed by atoms with Gasteiger partial charge < -0.3 is 10.2 Å². The van der Waals surface area contributed by atoms with E-state index in [0.29, 0.717) is 5.92 Å². The lowest BCUT2D eigenvalue weighted by molar-refractivity contribution is -0.164. The molecule has 2 N–H and O–H groups in total. The molecule has 0 spiro atoms. The Morgan fingerprint density at radius 1 is 1.13 bits per heavy atom. The van der Waals surface area contributed by atoms with Crippen LogP contribution in [-0.4, -0.2) is 21.8 Å². The van der Waals surface area contributed by atoms with Crippen LogP contribution in [0.25, 0.3) is 0 Å². The van der Waals surface area contributed by atoms with E-state index in [2.05, 4.69) is 26.8 Å².